The maximum absolute atomic E-state index is 13.0. The van der Waals surface area contributed by atoms with Crippen molar-refractivity contribution in [2.24, 2.45) is 11.1 Å². The van der Waals surface area contributed by atoms with E-state index in [4.69, 9.17) is 5.14 Å². The molecule has 2 amide bonds. The third kappa shape index (κ3) is 5.53. The fraction of sp³-hybridized carbons (Fsp3) is 0.391. The van der Waals surface area contributed by atoms with Crippen molar-refractivity contribution in [2.75, 3.05) is 18.4 Å². The molecule has 170 valence electrons. The highest BCUT2D eigenvalue weighted by Crippen LogP contribution is 2.29. The second-order valence-corrected chi connectivity index (χ2v) is 10.0. The van der Waals surface area contributed by atoms with Gasteiger partial charge in [-0.15, -0.1) is 0 Å². The Morgan fingerprint density at radius 2 is 1.56 bits per heavy atom. The highest BCUT2D eigenvalue weighted by Gasteiger charge is 2.35. The van der Waals surface area contributed by atoms with Crippen molar-refractivity contribution >= 4 is 27.5 Å². The summed E-state index contributed by atoms with van der Waals surface area (Å²) in [5, 5.41) is 11.1. The molecule has 0 aromatic heterocycles. The number of benzene rings is 2. The summed E-state index contributed by atoms with van der Waals surface area (Å²) in [5.41, 5.74) is 1.49. The highest BCUT2D eigenvalue weighted by atomic mass is 32.2. The Labute approximate surface area is 188 Å². The average Bonchev–Trinajstić information content (AvgIpc) is 3.59. The summed E-state index contributed by atoms with van der Waals surface area (Å²) in [6.45, 7) is 1.28. The molecular weight excluding hydrogens is 428 g/mol. The molecule has 1 aliphatic carbocycles. The Hall–Kier alpha value is -2.75. The van der Waals surface area contributed by atoms with Gasteiger partial charge < -0.3 is 10.6 Å². The van der Waals surface area contributed by atoms with Gasteiger partial charge in [0.25, 0.3) is 0 Å². The van der Waals surface area contributed by atoms with Crippen LogP contribution in [0.15, 0.2) is 59.5 Å². The van der Waals surface area contributed by atoms with Gasteiger partial charge in [-0.2, -0.15) is 0 Å². The normalized spacial score (nSPS) is 18.7. The lowest BCUT2D eigenvalue weighted by Crippen LogP contribution is -2.46. The van der Waals surface area contributed by atoms with Gasteiger partial charge in [0.2, 0.25) is 21.8 Å². The predicted octanol–water partition coefficient (Wildman–Crippen LogP) is 2.00. The summed E-state index contributed by atoms with van der Waals surface area (Å²) in [4.78, 5) is 27.8. The summed E-state index contributed by atoms with van der Waals surface area (Å²) in [7, 11) is -3.77. The summed E-state index contributed by atoms with van der Waals surface area (Å²) in [5.74, 6) is -0.254. The number of rotatable bonds is 7. The Bertz CT molecular complexity index is 1060. The molecule has 9 heteroatoms. The lowest BCUT2D eigenvalue weighted by molar-refractivity contribution is -0.128. The molecule has 2 aromatic carbocycles. The van der Waals surface area contributed by atoms with Crippen LogP contribution in [-0.4, -0.2) is 44.3 Å². The maximum Gasteiger partial charge on any atom is 0.242 e. The van der Waals surface area contributed by atoms with E-state index in [0.29, 0.717) is 31.6 Å². The third-order valence-corrected chi connectivity index (χ3v) is 6.93. The number of hydrogen-bond acceptors (Lipinski definition) is 5. The van der Waals surface area contributed by atoms with E-state index in [9.17, 15) is 18.0 Å². The number of likely N-dealkylation sites (tertiary alicyclic amines) is 1. The van der Waals surface area contributed by atoms with Gasteiger partial charge in [0, 0.05) is 17.6 Å². The third-order valence-electron chi connectivity index (χ3n) is 6.00. The van der Waals surface area contributed by atoms with Crippen LogP contribution in [0.3, 0.4) is 0 Å². The zero-order valence-electron chi connectivity index (χ0n) is 17.7. The minimum atomic E-state index is -3.77. The first-order valence-electron chi connectivity index (χ1n) is 10.8. The number of carbonyl (C=O) groups is 2. The van der Waals surface area contributed by atoms with E-state index >= 15 is 0 Å². The summed E-state index contributed by atoms with van der Waals surface area (Å²) in [6.07, 6.45) is 3.35. The van der Waals surface area contributed by atoms with Crippen LogP contribution in [0.5, 0.6) is 0 Å². The number of nitrogens with two attached hydrogens (primary N) is 1. The predicted molar refractivity (Wildman–Crippen MR) is 121 cm³/mol. The molecule has 0 radical (unpaired) electrons. The largest absolute Gasteiger partial charge is 0.352 e. The fourth-order valence-corrected chi connectivity index (χ4v) is 4.58. The lowest BCUT2D eigenvalue weighted by Gasteiger charge is -2.36. The number of hydrogen-bond donors (Lipinski definition) is 3. The van der Waals surface area contributed by atoms with E-state index in [1.807, 2.05) is 30.3 Å². The summed E-state index contributed by atoms with van der Waals surface area (Å²) >= 11 is 0. The molecular formula is C23H28N4O4S. The van der Waals surface area contributed by atoms with Crippen molar-refractivity contribution in [3.63, 3.8) is 0 Å². The first-order chi connectivity index (χ1) is 15.3. The molecule has 1 heterocycles. The van der Waals surface area contributed by atoms with Crippen molar-refractivity contribution in [1.82, 2.24) is 10.2 Å². The van der Waals surface area contributed by atoms with Crippen LogP contribution < -0.4 is 15.8 Å². The molecule has 1 unspecified atom stereocenters. The van der Waals surface area contributed by atoms with Gasteiger partial charge in [-0.1, -0.05) is 30.3 Å². The molecule has 32 heavy (non-hydrogen) atoms. The zero-order chi connectivity index (χ0) is 22.7. The molecule has 1 aliphatic heterocycles. The monoisotopic (exact) mass is 456 g/mol. The first kappa shape index (κ1) is 22.4. The Kier molecular flexibility index (Phi) is 6.59. The van der Waals surface area contributed by atoms with Crippen molar-refractivity contribution in [3.05, 3.63) is 60.2 Å². The molecule has 0 spiro atoms. The van der Waals surface area contributed by atoms with Gasteiger partial charge >= 0.3 is 0 Å². The molecule has 8 nitrogen and oxygen atoms in total. The number of carbonyl (C=O) groups excluding carboxylic acids is 2. The Balaban J connectivity index is 1.37. The van der Waals surface area contributed by atoms with Gasteiger partial charge in [-0.3, -0.25) is 14.5 Å². The number of nitrogens with one attached hydrogen (secondary N) is 2. The maximum atomic E-state index is 13.0. The number of primary sulfonamides is 1. The van der Waals surface area contributed by atoms with Crippen LogP contribution in [0.25, 0.3) is 0 Å². The molecule has 1 atom stereocenters. The van der Waals surface area contributed by atoms with E-state index in [1.54, 1.807) is 0 Å². The average molecular weight is 457 g/mol. The van der Waals surface area contributed by atoms with Crippen LogP contribution in [0.2, 0.25) is 0 Å². The number of sulfonamides is 1. The van der Waals surface area contributed by atoms with Crippen molar-refractivity contribution in [2.45, 2.75) is 42.7 Å². The van der Waals surface area contributed by atoms with Gasteiger partial charge in [-0.25, -0.2) is 13.6 Å². The molecule has 4 N–H and O–H groups in total. The molecule has 1 saturated carbocycles. The molecule has 1 saturated heterocycles. The lowest BCUT2D eigenvalue weighted by atomic mass is 9.93. The van der Waals surface area contributed by atoms with Crippen LogP contribution in [0, 0.1) is 5.92 Å². The molecule has 2 aliphatic rings. The van der Waals surface area contributed by atoms with E-state index in [1.165, 1.54) is 24.3 Å². The number of nitrogens with zero attached hydrogens (tertiary/aromatic N) is 1. The second-order valence-electron chi connectivity index (χ2n) is 8.46. The van der Waals surface area contributed by atoms with E-state index in [-0.39, 0.29) is 34.7 Å². The van der Waals surface area contributed by atoms with Crippen LogP contribution in [-0.2, 0) is 19.6 Å². The van der Waals surface area contributed by atoms with Crippen LogP contribution >= 0.6 is 0 Å². The smallest absolute Gasteiger partial charge is 0.242 e. The minimum Gasteiger partial charge on any atom is -0.352 e. The van der Waals surface area contributed by atoms with E-state index in [2.05, 4.69) is 15.5 Å². The molecule has 0 bridgehead atoms. The van der Waals surface area contributed by atoms with Gasteiger partial charge in [0.1, 0.15) is 6.04 Å². The summed E-state index contributed by atoms with van der Waals surface area (Å²) < 4.78 is 22.7. The minimum absolute atomic E-state index is 0.000218. The van der Waals surface area contributed by atoms with E-state index < -0.39 is 10.0 Å². The van der Waals surface area contributed by atoms with Crippen molar-refractivity contribution in [3.8, 4) is 0 Å². The van der Waals surface area contributed by atoms with Crippen molar-refractivity contribution < 1.29 is 18.0 Å². The number of piperidine rings is 1. The number of amides is 2. The summed E-state index contributed by atoms with van der Waals surface area (Å²) in [6, 6.07) is 15.5. The second kappa shape index (κ2) is 9.40. The first-order valence-corrected chi connectivity index (χ1v) is 12.4. The quantitative estimate of drug-likeness (QED) is 0.588. The number of anilines is 1. The molecule has 2 aromatic rings. The zero-order valence-corrected chi connectivity index (χ0v) is 18.6. The van der Waals surface area contributed by atoms with Gasteiger partial charge in [0.05, 0.1) is 4.90 Å². The molecule has 4 rings (SSSR count). The highest BCUT2D eigenvalue weighted by molar-refractivity contribution is 7.89. The topological polar surface area (TPSA) is 122 Å². The fourth-order valence-electron chi connectivity index (χ4n) is 4.06. The Morgan fingerprint density at radius 1 is 0.938 bits per heavy atom. The van der Waals surface area contributed by atoms with Crippen molar-refractivity contribution in [1.29, 1.82) is 0 Å². The Morgan fingerprint density at radius 3 is 2.12 bits per heavy atom. The SMILES string of the molecule is NS(=O)(=O)c1ccc(NC(=O)C2CCN(C(C(=O)NC3CC3)c3ccccc3)CC2)cc1. The van der Waals surface area contributed by atoms with Gasteiger partial charge in [-0.05, 0) is 68.6 Å². The molecule has 2 fully saturated rings. The van der Waals surface area contributed by atoms with Gasteiger partial charge in [0.15, 0.2) is 0 Å². The van der Waals surface area contributed by atoms with Crippen LogP contribution in [0.1, 0.15) is 37.3 Å². The standard InChI is InChI=1S/C23H28N4O4S/c24-32(30,31)20-10-8-19(9-11-20)25-22(28)17-12-14-27(15-13-17)21(16-4-2-1-3-5-16)23(29)26-18-6-7-18/h1-5,8-11,17-18,21H,6-7,12-15H2,(H,25,28)(H,26,29)(H2,24,30,31). The van der Waals surface area contributed by atoms with Crippen LogP contribution in [0.4, 0.5) is 5.69 Å². The van der Waals surface area contributed by atoms with E-state index in [0.717, 1.165) is 18.4 Å².